The quantitative estimate of drug-likeness (QED) is 0.797. The van der Waals surface area contributed by atoms with Crippen molar-refractivity contribution in [3.8, 4) is 5.75 Å². The Morgan fingerprint density at radius 3 is 2.75 bits per heavy atom. The Morgan fingerprint density at radius 1 is 1.25 bits per heavy atom. The summed E-state index contributed by atoms with van der Waals surface area (Å²) in [4.78, 5) is 12.7. The molecule has 0 radical (unpaired) electrons. The zero-order valence-corrected chi connectivity index (χ0v) is 17.4. The van der Waals surface area contributed by atoms with Crippen LogP contribution in [0.5, 0.6) is 5.75 Å². The molecule has 0 bridgehead atoms. The second-order valence-corrected chi connectivity index (χ2v) is 9.20. The Bertz CT molecular complexity index is 978. The van der Waals surface area contributed by atoms with Gasteiger partial charge in [0.1, 0.15) is 10.6 Å². The molecule has 1 fully saturated rings. The van der Waals surface area contributed by atoms with Crippen LogP contribution in [0.3, 0.4) is 0 Å². The molecule has 0 aliphatic carbocycles. The molecule has 1 atom stereocenters. The highest BCUT2D eigenvalue weighted by Gasteiger charge is 2.35. The van der Waals surface area contributed by atoms with E-state index in [2.05, 4.69) is 5.32 Å². The van der Waals surface area contributed by atoms with Gasteiger partial charge in [-0.2, -0.15) is 4.31 Å². The van der Waals surface area contributed by atoms with Gasteiger partial charge in [-0.3, -0.25) is 4.79 Å². The maximum atomic E-state index is 13.1. The predicted octanol–water partition coefficient (Wildman–Crippen LogP) is 3.70. The molecule has 1 aliphatic rings. The van der Waals surface area contributed by atoms with Crippen molar-refractivity contribution in [2.24, 2.45) is 5.92 Å². The molecule has 0 spiro atoms. The fraction of sp³-hybridized carbons (Fsp3) is 0.350. The van der Waals surface area contributed by atoms with E-state index >= 15 is 0 Å². The van der Waals surface area contributed by atoms with E-state index in [9.17, 15) is 13.2 Å². The van der Waals surface area contributed by atoms with Gasteiger partial charge in [-0.15, -0.1) is 0 Å². The molecule has 1 aliphatic heterocycles. The number of ether oxygens (including phenoxy) is 1. The fourth-order valence-corrected chi connectivity index (χ4v) is 5.28. The number of benzene rings is 2. The number of hydrogen-bond donors (Lipinski definition) is 1. The number of carbonyl (C=O) groups is 1. The van der Waals surface area contributed by atoms with Crippen LogP contribution in [0.2, 0.25) is 5.02 Å². The Morgan fingerprint density at radius 2 is 2.04 bits per heavy atom. The second kappa shape index (κ2) is 8.51. The first-order chi connectivity index (χ1) is 13.3. The van der Waals surface area contributed by atoms with Crippen LogP contribution < -0.4 is 10.1 Å². The summed E-state index contributed by atoms with van der Waals surface area (Å²) in [5.74, 6) is -0.367. The van der Waals surface area contributed by atoms with Crippen molar-refractivity contribution >= 4 is 33.2 Å². The van der Waals surface area contributed by atoms with E-state index in [0.717, 1.165) is 5.56 Å². The van der Waals surface area contributed by atoms with Crippen molar-refractivity contribution in [3.63, 3.8) is 0 Å². The minimum atomic E-state index is -3.83. The first-order valence-corrected chi connectivity index (χ1v) is 10.8. The van der Waals surface area contributed by atoms with Crippen LogP contribution in [-0.4, -0.2) is 38.8 Å². The van der Waals surface area contributed by atoms with E-state index in [-0.39, 0.29) is 23.1 Å². The molecule has 2 aromatic carbocycles. The van der Waals surface area contributed by atoms with Crippen molar-refractivity contribution in [2.45, 2.75) is 24.7 Å². The Labute approximate surface area is 170 Å². The Kier molecular flexibility index (Phi) is 6.27. The van der Waals surface area contributed by atoms with Gasteiger partial charge in [0.15, 0.2) is 0 Å². The van der Waals surface area contributed by atoms with Gasteiger partial charge in [0.2, 0.25) is 15.9 Å². The van der Waals surface area contributed by atoms with Crippen molar-refractivity contribution in [3.05, 3.63) is 53.1 Å². The average molecular weight is 423 g/mol. The van der Waals surface area contributed by atoms with Crippen LogP contribution in [0.15, 0.2) is 47.4 Å². The molecule has 2 aromatic rings. The van der Waals surface area contributed by atoms with Gasteiger partial charge in [0.05, 0.1) is 13.0 Å². The van der Waals surface area contributed by atoms with Crippen LogP contribution in [0.1, 0.15) is 18.4 Å². The lowest BCUT2D eigenvalue weighted by Gasteiger charge is -2.31. The van der Waals surface area contributed by atoms with Crippen molar-refractivity contribution in [2.75, 3.05) is 25.5 Å². The zero-order chi connectivity index (χ0) is 20.3. The summed E-state index contributed by atoms with van der Waals surface area (Å²) in [5, 5.41) is 3.20. The van der Waals surface area contributed by atoms with E-state index in [1.807, 2.05) is 31.2 Å². The third-order valence-corrected chi connectivity index (χ3v) is 6.91. The van der Waals surface area contributed by atoms with E-state index in [0.29, 0.717) is 30.1 Å². The normalized spacial score (nSPS) is 17.9. The maximum absolute atomic E-state index is 13.1. The first-order valence-electron chi connectivity index (χ1n) is 9.02. The molecular formula is C20H23ClN2O4S. The monoisotopic (exact) mass is 422 g/mol. The number of rotatable bonds is 5. The Balaban J connectivity index is 1.79. The third kappa shape index (κ3) is 4.48. The number of halogens is 1. The van der Waals surface area contributed by atoms with Crippen LogP contribution in [0.25, 0.3) is 0 Å². The molecule has 0 aromatic heterocycles. The van der Waals surface area contributed by atoms with Crippen LogP contribution >= 0.6 is 11.6 Å². The zero-order valence-electron chi connectivity index (χ0n) is 15.8. The average Bonchev–Trinajstić information content (AvgIpc) is 2.68. The van der Waals surface area contributed by atoms with E-state index in [4.69, 9.17) is 16.3 Å². The van der Waals surface area contributed by atoms with Gasteiger partial charge in [-0.1, -0.05) is 23.7 Å². The van der Waals surface area contributed by atoms with Crippen molar-refractivity contribution in [1.29, 1.82) is 0 Å². The molecule has 1 N–H and O–H groups in total. The maximum Gasteiger partial charge on any atom is 0.246 e. The molecule has 8 heteroatoms. The highest BCUT2D eigenvalue weighted by atomic mass is 35.5. The summed E-state index contributed by atoms with van der Waals surface area (Å²) >= 11 is 6.00. The highest BCUT2D eigenvalue weighted by Crippen LogP contribution is 2.32. The molecule has 1 saturated heterocycles. The van der Waals surface area contributed by atoms with Gasteiger partial charge in [-0.25, -0.2) is 8.42 Å². The van der Waals surface area contributed by atoms with Crippen LogP contribution in [0.4, 0.5) is 5.69 Å². The minimum absolute atomic E-state index is 0.0160. The van der Waals surface area contributed by atoms with E-state index in [1.165, 1.54) is 23.5 Å². The number of sulfonamides is 1. The van der Waals surface area contributed by atoms with Gasteiger partial charge < -0.3 is 10.1 Å². The standard InChI is InChI=1S/C20H23ClN2O4S/c1-14-5-3-7-17(11-14)22-20(24)15-6-4-10-23(13-15)28(25,26)19-12-16(21)8-9-18(19)27-2/h3,5,7-9,11-12,15H,4,6,10,13H2,1-2H3,(H,22,24)/t15-/m0/s1. The number of anilines is 1. The molecule has 0 unspecified atom stereocenters. The molecular weight excluding hydrogens is 400 g/mol. The summed E-state index contributed by atoms with van der Waals surface area (Å²) in [7, 11) is -2.42. The van der Waals surface area contributed by atoms with E-state index < -0.39 is 15.9 Å². The molecule has 28 heavy (non-hydrogen) atoms. The molecule has 6 nitrogen and oxygen atoms in total. The largest absolute Gasteiger partial charge is 0.495 e. The van der Waals surface area contributed by atoms with Crippen molar-refractivity contribution in [1.82, 2.24) is 4.31 Å². The topological polar surface area (TPSA) is 75.7 Å². The Hall–Kier alpha value is -2.09. The smallest absolute Gasteiger partial charge is 0.246 e. The number of aryl methyl sites for hydroxylation is 1. The minimum Gasteiger partial charge on any atom is -0.495 e. The molecule has 150 valence electrons. The van der Waals surface area contributed by atoms with Gasteiger partial charge in [0.25, 0.3) is 0 Å². The summed E-state index contributed by atoms with van der Waals surface area (Å²) in [6.07, 6.45) is 1.24. The molecule has 0 saturated carbocycles. The molecule has 1 amide bonds. The molecule has 3 rings (SSSR count). The van der Waals surface area contributed by atoms with E-state index in [1.54, 1.807) is 6.07 Å². The van der Waals surface area contributed by atoms with Crippen LogP contribution in [-0.2, 0) is 14.8 Å². The summed E-state index contributed by atoms with van der Waals surface area (Å²) in [6.45, 7) is 2.42. The summed E-state index contributed by atoms with van der Waals surface area (Å²) < 4.78 is 32.8. The first kappa shape index (κ1) is 20.6. The highest BCUT2D eigenvalue weighted by molar-refractivity contribution is 7.89. The predicted molar refractivity (Wildman–Crippen MR) is 109 cm³/mol. The third-order valence-electron chi connectivity index (χ3n) is 4.78. The van der Waals surface area contributed by atoms with Crippen molar-refractivity contribution < 1.29 is 17.9 Å². The lowest BCUT2D eigenvalue weighted by atomic mass is 9.98. The van der Waals surface area contributed by atoms with Gasteiger partial charge in [0, 0.05) is 23.8 Å². The van der Waals surface area contributed by atoms with Crippen LogP contribution in [0, 0.1) is 12.8 Å². The number of hydrogen-bond acceptors (Lipinski definition) is 4. The number of carbonyl (C=O) groups excluding carboxylic acids is 1. The summed E-state index contributed by atoms with van der Waals surface area (Å²) in [6, 6.07) is 12.0. The van der Waals surface area contributed by atoms with Gasteiger partial charge in [-0.05, 0) is 55.7 Å². The summed E-state index contributed by atoms with van der Waals surface area (Å²) in [5.41, 5.74) is 1.75. The lowest BCUT2D eigenvalue weighted by Crippen LogP contribution is -2.43. The fourth-order valence-electron chi connectivity index (χ4n) is 3.33. The number of piperidine rings is 1. The number of nitrogens with zero attached hydrogens (tertiary/aromatic N) is 1. The second-order valence-electron chi connectivity index (χ2n) is 6.86. The number of methoxy groups -OCH3 is 1. The number of amides is 1. The number of nitrogens with one attached hydrogen (secondary N) is 1. The van der Waals surface area contributed by atoms with Gasteiger partial charge >= 0.3 is 0 Å². The lowest BCUT2D eigenvalue weighted by molar-refractivity contribution is -0.120. The SMILES string of the molecule is COc1ccc(Cl)cc1S(=O)(=O)N1CCC[C@H](C(=O)Nc2cccc(C)c2)C1. The molecule has 1 heterocycles.